The first-order chi connectivity index (χ1) is 18.2. The van der Waals surface area contributed by atoms with Crippen LogP contribution in [0.5, 0.6) is 0 Å². The Hall–Kier alpha value is -3.14. The minimum Gasteiger partial charge on any atom is -0.294 e. The molecule has 0 amide bonds. The quantitative estimate of drug-likeness (QED) is 0.108. The summed E-state index contributed by atoms with van der Waals surface area (Å²) in [4.78, 5) is 26.5. The lowest BCUT2D eigenvalue weighted by molar-refractivity contribution is 0.0978. The molecule has 0 bridgehead atoms. The molecule has 0 aliphatic rings. The number of carbonyl (C=O) groups is 1. The number of Topliss-reactive ketones (excluding diaryl/α,β-unsaturated/α-hetero) is 1. The van der Waals surface area contributed by atoms with E-state index in [2.05, 4.69) is 24.2 Å². The summed E-state index contributed by atoms with van der Waals surface area (Å²) in [5.41, 5.74) is 2.17. The largest absolute Gasteiger partial charge is 0.294 e. The molecule has 0 aliphatic carbocycles. The molecule has 0 fully saturated rings. The van der Waals surface area contributed by atoms with Crippen molar-refractivity contribution in [1.82, 2.24) is 9.78 Å². The molecular weight excluding hydrogens is 456 g/mol. The van der Waals surface area contributed by atoms with Gasteiger partial charge in [-0.15, -0.1) is 0 Å². The van der Waals surface area contributed by atoms with E-state index in [0.717, 1.165) is 36.9 Å². The van der Waals surface area contributed by atoms with E-state index in [4.69, 9.17) is 0 Å². The van der Waals surface area contributed by atoms with Crippen LogP contribution in [0.25, 0.3) is 16.9 Å². The van der Waals surface area contributed by atoms with Crippen molar-refractivity contribution >= 4 is 5.78 Å². The van der Waals surface area contributed by atoms with Crippen LogP contribution in [0.3, 0.4) is 0 Å². The third kappa shape index (κ3) is 9.35. The summed E-state index contributed by atoms with van der Waals surface area (Å²) in [5, 5.41) is 3.19. The highest BCUT2D eigenvalue weighted by molar-refractivity contribution is 6.01. The number of rotatable bonds is 18. The highest BCUT2D eigenvalue weighted by Crippen LogP contribution is 2.22. The van der Waals surface area contributed by atoms with Gasteiger partial charge in [0.25, 0.3) is 5.56 Å². The smallest absolute Gasteiger partial charge is 0.282 e. The van der Waals surface area contributed by atoms with Crippen molar-refractivity contribution < 1.29 is 4.79 Å². The number of H-pyrrole nitrogens is 1. The zero-order valence-corrected chi connectivity index (χ0v) is 22.6. The Morgan fingerprint density at radius 3 is 1.89 bits per heavy atom. The molecule has 0 spiro atoms. The molecular formula is C33H44N2O2. The molecule has 198 valence electrons. The standard InChI is InChI=1S/C33H44N2O2/c1-2-3-4-5-6-7-8-9-10-11-12-13-14-15-22-27-30(36)31-32(28-23-18-16-19-24-28)34-35(33(31)37)29-25-20-17-21-26-29/h9-10,16-21,23-26,34H,2-8,11-15,22,27H2,1H3/b10-9+. The highest BCUT2D eigenvalue weighted by atomic mass is 16.2. The maximum absolute atomic E-state index is 13.3. The van der Waals surface area contributed by atoms with Gasteiger partial charge in [0.1, 0.15) is 5.56 Å². The van der Waals surface area contributed by atoms with Gasteiger partial charge in [-0.05, 0) is 44.2 Å². The fourth-order valence-corrected chi connectivity index (χ4v) is 4.75. The Bertz CT molecular complexity index is 1130. The molecule has 1 aromatic heterocycles. The predicted octanol–water partition coefficient (Wildman–Crippen LogP) is 9.05. The van der Waals surface area contributed by atoms with E-state index >= 15 is 0 Å². The van der Waals surface area contributed by atoms with Gasteiger partial charge in [0.05, 0.1) is 11.4 Å². The second-order valence-corrected chi connectivity index (χ2v) is 9.96. The number of aromatic nitrogens is 2. The number of hydrogen-bond acceptors (Lipinski definition) is 2. The lowest BCUT2D eigenvalue weighted by atomic mass is 10.0. The molecule has 0 aliphatic heterocycles. The molecule has 1 heterocycles. The first-order valence-electron chi connectivity index (χ1n) is 14.4. The molecule has 4 heteroatoms. The summed E-state index contributed by atoms with van der Waals surface area (Å²) >= 11 is 0. The van der Waals surface area contributed by atoms with E-state index < -0.39 is 0 Å². The summed E-state index contributed by atoms with van der Waals surface area (Å²) in [6.07, 6.45) is 20.9. The van der Waals surface area contributed by atoms with Crippen molar-refractivity contribution in [3.05, 3.63) is 88.7 Å². The average Bonchev–Trinajstić information content (AvgIpc) is 3.28. The predicted molar refractivity (Wildman–Crippen MR) is 156 cm³/mol. The Labute approximate surface area is 222 Å². The number of para-hydroxylation sites is 1. The second-order valence-electron chi connectivity index (χ2n) is 9.96. The number of nitrogens with zero attached hydrogens (tertiary/aromatic N) is 1. The SMILES string of the molecule is CCCCCCCC/C=C/CCCCCCCC(=O)c1c(-c2ccccc2)[nH]n(-c2ccccc2)c1=O. The lowest BCUT2D eigenvalue weighted by Gasteiger charge is -2.03. The van der Waals surface area contributed by atoms with Crippen molar-refractivity contribution in [1.29, 1.82) is 0 Å². The summed E-state index contributed by atoms with van der Waals surface area (Å²) in [6, 6.07) is 19.1. The molecule has 37 heavy (non-hydrogen) atoms. The van der Waals surface area contributed by atoms with E-state index in [1.807, 2.05) is 60.7 Å². The van der Waals surface area contributed by atoms with Crippen molar-refractivity contribution in [2.45, 2.75) is 96.8 Å². The summed E-state index contributed by atoms with van der Waals surface area (Å²) < 4.78 is 1.48. The molecule has 2 aromatic carbocycles. The number of ketones is 1. The fourth-order valence-electron chi connectivity index (χ4n) is 4.75. The zero-order chi connectivity index (χ0) is 26.1. The molecule has 0 saturated heterocycles. The van der Waals surface area contributed by atoms with Crippen LogP contribution in [0.2, 0.25) is 0 Å². The van der Waals surface area contributed by atoms with Crippen LogP contribution in [0, 0.1) is 0 Å². The van der Waals surface area contributed by atoms with Gasteiger partial charge < -0.3 is 0 Å². The molecule has 0 saturated carbocycles. The van der Waals surface area contributed by atoms with Crippen molar-refractivity contribution in [2.75, 3.05) is 0 Å². The number of unbranched alkanes of at least 4 members (excludes halogenated alkanes) is 11. The first kappa shape index (κ1) is 28.4. The Morgan fingerprint density at radius 1 is 0.730 bits per heavy atom. The first-order valence-corrected chi connectivity index (χ1v) is 14.4. The van der Waals surface area contributed by atoms with Gasteiger partial charge in [0, 0.05) is 12.0 Å². The maximum Gasteiger partial charge on any atom is 0.282 e. The van der Waals surface area contributed by atoms with Crippen LogP contribution in [0.1, 0.15) is 107 Å². The highest BCUT2D eigenvalue weighted by Gasteiger charge is 2.22. The zero-order valence-electron chi connectivity index (χ0n) is 22.6. The number of benzene rings is 2. The summed E-state index contributed by atoms with van der Waals surface area (Å²) in [7, 11) is 0. The van der Waals surface area contributed by atoms with Crippen molar-refractivity contribution in [3.8, 4) is 16.9 Å². The molecule has 0 atom stereocenters. The van der Waals surface area contributed by atoms with Gasteiger partial charge in [-0.1, -0.05) is 119 Å². The van der Waals surface area contributed by atoms with E-state index in [1.165, 1.54) is 62.5 Å². The van der Waals surface area contributed by atoms with Gasteiger partial charge in [-0.25, -0.2) is 4.68 Å². The van der Waals surface area contributed by atoms with Gasteiger partial charge in [0.15, 0.2) is 5.78 Å². The van der Waals surface area contributed by atoms with Crippen molar-refractivity contribution in [2.24, 2.45) is 0 Å². The fraction of sp³-hybridized carbons (Fsp3) is 0.455. The van der Waals surface area contributed by atoms with Crippen LogP contribution in [-0.2, 0) is 0 Å². The van der Waals surface area contributed by atoms with Crippen molar-refractivity contribution in [3.63, 3.8) is 0 Å². The Morgan fingerprint density at radius 2 is 1.27 bits per heavy atom. The van der Waals surface area contributed by atoms with Gasteiger partial charge >= 0.3 is 0 Å². The van der Waals surface area contributed by atoms with Crippen LogP contribution in [0.15, 0.2) is 77.6 Å². The number of nitrogens with one attached hydrogen (secondary N) is 1. The molecule has 3 aromatic rings. The number of aromatic amines is 1. The minimum absolute atomic E-state index is 0.0765. The van der Waals surface area contributed by atoms with E-state index in [-0.39, 0.29) is 16.9 Å². The Balaban J connectivity index is 1.42. The Kier molecular flexibility index (Phi) is 12.7. The second kappa shape index (κ2) is 16.6. The summed E-state index contributed by atoms with van der Waals surface area (Å²) in [6.45, 7) is 2.26. The maximum atomic E-state index is 13.3. The molecule has 0 radical (unpaired) electrons. The topological polar surface area (TPSA) is 54.9 Å². The third-order valence-electron chi connectivity index (χ3n) is 6.91. The van der Waals surface area contributed by atoms with Crippen LogP contribution in [-0.4, -0.2) is 15.6 Å². The molecule has 1 N–H and O–H groups in total. The molecule has 3 rings (SSSR count). The molecule has 4 nitrogen and oxygen atoms in total. The molecule has 0 unspecified atom stereocenters. The van der Waals surface area contributed by atoms with Crippen LogP contribution < -0.4 is 5.56 Å². The van der Waals surface area contributed by atoms with E-state index in [1.54, 1.807) is 0 Å². The van der Waals surface area contributed by atoms with Gasteiger partial charge in [-0.2, -0.15) is 0 Å². The average molecular weight is 501 g/mol. The monoisotopic (exact) mass is 500 g/mol. The third-order valence-corrected chi connectivity index (χ3v) is 6.91. The van der Waals surface area contributed by atoms with Gasteiger partial charge in [0.2, 0.25) is 0 Å². The minimum atomic E-state index is -0.275. The number of hydrogen-bond donors (Lipinski definition) is 1. The lowest BCUT2D eigenvalue weighted by Crippen LogP contribution is -2.20. The normalized spacial score (nSPS) is 11.4. The van der Waals surface area contributed by atoms with E-state index in [9.17, 15) is 9.59 Å². The van der Waals surface area contributed by atoms with E-state index in [0.29, 0.717) is 12.1 Å². The van der Waals surface area contributed by atoms with Crippen LogP contribution >= 0.6 is 0 Å². The van der Waals surface area contributed by atoms with Gasteiger partial charge in [-0.3, -0.25) is 14.7 Å². The number of carbonyl (C=O) groups excluding carboxylic acids is 1. The summed E-state index contributed by atoms with van der Waals surface area (Å²) in [5.74, 6) is -0.0765. The van der Waals surface area contributed by atoms with Crippen LogP contribution in [0.4, 0.5) is 0 Å². The number of allylic oxidation sites excluding steroid dienone is 2.